The van der Waals surface area contributed by atoms with E-state index in [0.29, 0.717) is 29.6 Å². The fourth-order valence-corrected chi connectivity index (χ4v) is 3.52. The molecule has 29 heavy (non-hydrogen) atoms. The number of guanidine groups is 1. The van der Waals surface area contributed by atoms with Crippen molar-refractivity contribution < 1.29 is 13.5 Å². The largest absolute Gasteiger partial charge is 0.433 e. The highest BCUT2D eigenvalue weighted by molar-refractivity contribution is 6.35. The number of aryl methyl sites for hydroxylation is 2. The highest BCUT2D eigenvalue weighted by atomic mass is 35.5. The lowest BCUT2D eigenvalue weighted by atomic mass is 10.1. The Labute approximate surface area is 179 Å². The number of ether oxygens (including phenoxy) is 1. The van der Waals surface area contributed by atoms with Gasteiger partial charge in [-0.05, 0) is 44.9 Å². The summed E-state index contributed by atoms with van der Waals surface area (Å²) in [4.78, 5) is 4.45. The van der Waals surface area contributed by atoms with E-state index in [9.17, 15) is 8.78 Å². The Bertz CT molecular complexity index is 871. The van der Waals surface area contributed by atoms with Crippen molar-refractivity contribution in [1.82, 2.24) is 20.4 Å². The molecular weight excluding hydrogens is 423 g/mol. The minimum absolute atomic E-state index is 0.0171. The molecule has 0 amide bonds. The predicted molar refractivity (Wildman–Crippen MR) is 112 cm³/mol. The van der Waals surface area contributed by atoms with E-state index in [1.807, 2.05) is 32.5 Å². The fraction of sp³-hybridized carbons (Fsp3) is 0.474. The van der Waals surface area contributed by atoms with Crippen LogP contribution < -0.4 is 15.4 Å². The molecule has 2 aromatic rings. The second-order valence-corrected chi connectivity index (χ2v) is 7.24. The summed E-state index contributed by atoms with van der Waals surface area (Å²) in [5.41, 5.74) is 3.67. The van der Waals surface area contributed by atoms with Crippen molar-refractivity contribution in [1.29, 1.82) is 0 Å². The first kappa shape index (κ1) is 23.2. The first-order valence-corrected chi connectivity index (χ1v) is 9.92. The van der Waals surface area contributed by atoms with Gasteiger partial charge in [-0.2, -0.15) is 13.9 Å². The topological polar surface area (TPSA) is 63.5 Å². The molecule has 0 spiro atoms. The summed E-state index contributed by atoms with van der Waals surface area (Å²) in [6.45, 7) is 4.31. The monoisotopic (exact) mass is 447 g/mol. The molecule has 0 aliphatic carbocycles. The first-order chi connectivity index (χ1) is 13.7. The zero-order valence-electron chi connectivity index (χ0n) is 16.8. The Morgan fingerprint density at radius 2 is 2.00 bits per heavy atom. The Kier molecular flexibility index (Phi) is 8.52. The molecule has 0 fully saturated rings. The third-order valence-corrected chi connectivity index (χ3v) is 4.87. The molecule has 0 aliphatic heterocycles. The van der Waals surface area contributed by atoms with Crippen LogP contribution >= 0.6 is 23.2 Å². The molecule has 10 heteroatoms. The molecule has 6 nitrogen and oxygen atoms in total. The highest BCUT2D eigenvalue weighted by Crippen LogP contribution is 2.34. The number of halogens is 4. The summed E-state index contributed by atoms with van der Waals surface area (Å²) in [6, 6.07) is 2.87. The van der Waals surface area contributed by atoms with Crippen LogP contribution in [0, 0.1) is 13.8 Å². The molecule has 2 rings (SSSR count). The molecule has 0 bridgehead atoms. The smallest absolute Gasteiger partial charge is 0.387 e. The van der Waals surface area contributed by atoms with Crippen molar-refractivity contribution in [2.24, 2.45) is 12.0 Å². The van der Waals surface area contributed by atoms with Crippen LogP contribution in [0.25, 0.3) is 0 Å². The fourth-order valence-electron chi connectivity index (χ4n) is 2.94. The van der Waals surface area contributed by atoms with E-state index in [4.69, 9.17) is 23.2 Å². The maximum Gasteiger partial charge on any atom is 0.387 e. The number of alkyl halides is 2. The van der Waals surface area contributed by atoms with Gasteiger partial charge in [0.2, 0.25) is 0 Å². The summed E-state index contributed by atoms with van der Waals surface area (Å²) >= 11 is 12.0. The third-order valence-electron chi connectivity index (χ3n) is 4.37. The molecule has 1 aromatic carbocycles. The summed E-state index contributed by atoms with van der Waals surface area (Å²) in [7, 11) is 1.92. The molecular formula is C19H25Cl2F2N5O. The van der Waals surface area contributed by atoms with Gasteiger partial charge in [-0.3, -0.25) is 4.68 Å². The zero-order chi connectivity index (χ0) is 21.6. The van der Waals surface area contributed by atoms with Crippen molar-refractivity contribution in [2.75, 3.05) is 13.1 Å². The Balaban J connectivity index is 2.11. The average molecular weight is 448 g/mol. The van der Waals surface area contributed by atoms with Crippen molar-refractivity contribution in [3.63, 3.8) is 0 Å². The molecule has 0 unspecified atom stereocenters. The van der Waals surface area contributed by atoms with Crippen molar-refractivity contribution in [2.45, 2.75) is 40.3 Å². The van der Waals surface area contributed by atoms with Crippen LogP contribution in [-0.4, -0.2) is 35.4 Å². The normalized spacial score (nSPS) is 11.8. The quantitative estimate of drug-likeness (QED) is 0.469. The van der Waals surface area contributed by atoms with Gasteiger partial charge in [-0.1, -0.05) is 23.2 Å². The summed E-state index contributed by atoms with van der Waals surface area (Å²) in [5, 5.41) is 11.1. The molecule has 2 N–H and O–H groups in total. The lowest BCUT2D eigenvalue weighted by Crippen LogP contribution is -2.38. The van der Waals surface area contributed by atoms with E-state index < -0.39 is 6.61 Å². The number of benzene rings is 1. The SMILES string of the molecule is CCNC(=NCc1cc(Cl)cc(Cl)c1OC(F)F)NCCc1c(C)nn(C)c1C. The van der Waals surface area contributed by atoms with Gasteiger partial charge in [0, 0.05) is 36.4 Å². The minimum Gasteiger partial charge on any atom is -0.433 e. The van der Waals surface area contributed by atoms with Crippen molar-refractivity contribution in [3.8, 4) is 5.75 Å². The summed E-state index contributed by atoms with van der Waals surface area (Å²) in [6.07, 6.45) is 0.776. The number of rotatable bonds is 8. The predicted octanol–water partition coefficient (Wildman–Crippen LogP) is 4.24. The number of aliphatic imine (C=N–C) groups is 1. The second kappa shape index (κ2) is 10.6. The maximum atomic E-state index is 12.7. The number of hydrogen-bond acceptors (Lipinski definition) is 3. The number of nitrogens with zero attached hydrogens (tertiary/aromatic N) is 3. The molecule has 0 aliphatic rings. The van der Waals surface area contributed by atoms with Gasteiger partial charge in [0.1, 0.15) is 5.75 Å². The molecule has 0 radical (unpaired) electrons. The van der Waals surface area contributed by atoms with Gasteiger partial charge >= 0.3 is 6.61 Å². The lowest BCUT2D eigenvalue weighted by molar-refractivity contribution is -0.0503. The first-order valence-electron chi connectivity index (χ1n) is 9.16. The molecule has 0 saturated carbocycles. The average Bonchev–Trinajstić information content (AvgIpc) is 2.87. The Morgan fingerprint density at radius 1 is 1.28 bits per heavy atom. The molecule has 0 atom stereocenters. The van der Waals surface area contributed by atoms with Crippen LogP contribution in [0.5, 0.6) is 5.75 Å². The van der Waals surface area contributed by atoms with E-state index in [2.05, 4.69) is 25.5 Å². The minimum atomic E-state index is -2.99. The maximum absolute atomic E-state index is 12.7. The van der Waals surface area contributed by atoms with Gasteiger partial charge in [-0.15, -0.1) is 0 Å². The Hall–Kier alpha value is -2.06. The van der Waals surface area contributed by atoms with E-state index in [-0.39, 0.29) is 17.3 Å². The number of nitrogens with one attached hydrogen (secondary N) is 2. The molecule has 160 valence electrons. The van der Waals surface area contributed by atoms with Crippen LogP contribution in [0.2, 0.25) is 10.0 Å². The van der Waals surface area contributed by atoms with Gasteiger partial charge in [0.15, 0.2) is 5.96 Å². The van der Waals surface area contributed by atoms with E-state index >= 15 is 0 Å². The van der Waals surface area contributed by atoms with E-state index in [1.165, 1.54) is 17.7 Å². The van der Waals surface area contributed by atoms with Gasteiger partial charge in [0.05, 0.1) is 17.3 Å². The molecule has 1 heterocycles. The highest BCUT2D eigenvalue weighted by Gasteiger charge is 2.15. The van der Waals surface area contributed by atoms with Gasteiger partial charge in [0.25, 0.3) is 0 Å². The summed E-state index contributed by atoms with van der Waals surface area (Å²) < 4.78 is 31.8. The van der Waals surface area contributed by atoms with Gasteiger partial charge in [-0.25, -0.2) is 4.99 Å². The number of aromatic nitrogens is 2. The molecule has 1 aromatic heterocycles. The van der Waals surface area contributed by atoms with Crippen LogP contribution in [0.1, 0.15) is 29.4 Å². The van der Waals surface area contributed by atoms with Crippen LogP contribution in [-0.2, 0) is 20.0 Å². The van der Waals surface area contributed by atoms with Crippen LogP contribution in [0.3, 0.4) is 0 Å². The van der Waals surface area contributed by atoms with Crippen molar-refractivity contribution >= 4 is 29.2 Å². The zero-order valence-corrected chi connectivity index (χ0v) is 18.3. The standard InChI is InChI=1S/C19H25Cl2F2N5O/c1-5-24-19(25-7-6-15-11(2)27-28(4)12(15)3)26-10-13-8-14(20)9-16(21)17(13)29-18(22)23/h8-9,18H,5-7,10H2,1-4H3,(H2,24,25,26). The number of hydrogen-bond donors (Lipinski definition) is 2. The van der Waals surface area contributed by atoms with Gasteiger partial charge < -0.3 is 15.4 Å². The second-order valence-electron chi connectivity index (χ2n) is 6.40. The van der Waals surface area contributed by atoms with Crippen LogP contribution in [0.4, 0.5) is 8.78 Å². The lowest BCUT2D eigenvalue weighted by Gasteiger charge is -2.14. The third kappa shape index (κ3) is 6.47. The van der Waals surface area contributed by atoms with E-state index in [0.717, 1.165) is 17.8 Å². The summed E-state index contributed by atoms with van der Waals surface area (Å²) in [5.74, 6) is 0.429. The van der Waals surface area contributed by atoms with Crippen LogP contribution in [0.15, 0.2) is 17.1 Å². The van der Waals surface area contributed by atoms with E-state index in [1.54, 1.807) is 0 Å². The van der Waals surface area contributed by atoms with Crippen molar-refractivity contribution in [3.05, 3.63) is 44.7 Å². The Morgan fingerprint density at radius 3 is 2.59 bits per heavy atom. The molecule has 0 saturated heterocycles.